The molecule has 9 nitrogen and oxygen atoms in total. The number of benzene rings is 1. The number of alkyl halides is 3. The third-order valence-corrected chi connectivity index (χ3v) is 7.37. The summed E-state index contributed by atoms with van der Waals surface area (Å²) in [5.41, 5.74) is -1.27. The van der Waals surface area contributed by atoms with E-state index in [0.717, 1.165) is 38.2 Å². The van der Waals surface area contributed by atoms with E-state index in [1.807, 2.05) is 4.57 Å². The Balaban J connectivity index is 1.57. The molecule has 1 saturated carbocycles. The summed E-state index contributed by atoms with van der Waals surface area (Å²) < 4.78 is 65.6. The van der Waals surface area contributed by atoms with Crippen LogP contribution in [0.5, 0.6) is 0 Å². The van der Waals surface area contributed by atoms with Crippen molar-refractivity contribution in [3.8, 4) is 0 Å². The van der Waals surface area contributed by atoms with Crippen molar-refractivity contribution in [1.29, 1.82) is 0 Å². The van der Waals surface area contributed by atoms with Gasteiger partial charge in [0.1, 0.15) is 11.5 Å². The Hall–Kier alpha value is -3.19. The van der Waals surface area contributed by atoms with Crippen molar-refractivity contribution in [2.24, 2.45) is 5.14 Å². The first-order valence-corrected chi connectivity index (χ1v) is 12.2. The molecule has 1 fully saturated rings. The van der Waals surface area contributed by atoms with E-state index in [2.05, 4.69) is 20.6 Å². The van der Waals surface area contributed by atoms with Crippen LogP contribution in [0.3, 0.4) is 0 Å². The van der Waals surface area contributed by atoms with Crippen molar-refractivity contribution in [1.82, 2.24) is 14.5 Å². The van der Waals surface area contributed by atoms with Crippen LogP contribution in [-0.4, -0.2) is 28.9 Å². The van der Waals surface area contributed by atoms with Crippen molar-refractivity contribution in [2.45, 2.75) is 55.1 Å². The van der Waals surface area contributed by atoms with Crippen molar-refractivity contribution < 1.29 is 26.4 Å². The number of amides is 1. The number of halogens is 3. The fourth-order valence-corrected chi connectivity index (χ4v) is 5.74. The average molecular weight is 494 g/mol. The van der Waals surface area contributed by atoms with E-state index < -0.39 is 32.2 Å². The molecule has 4 N–H and O–H groups in total. The number of nitrogens with one attached hydrogen (secondary N) is 2. The largest absolute Gasteiger partial charge is 0.417 e. The van der Waals surface area contributed by atoms with E-state index in [1.54, 1.807) is 6.07 Å². The molecule has 5 rings (SSSR count). The standard InChI is InChI=1S/C21H21F3N6O3S/c22-21(23,24)14-9-13(4-5-15(14)34(25,32)33)27-19-26-11-12-8-16-28-17(31)10-20(6-2-1-3-7-20)30(16)18(12)29-19/h4-5,8-9,11H,1-3,6-7,10H2,(H,28,31)(H2,25,32,33)(H,26,27,29). The minimum Gasteiger partial charge on any atom is -0.324 e. The van der Waals surface area contributed by atoms with Gasteiger partial charge in [-0.3, -0.25) is 4.79 Å². The third-order valence-electron chi connectivity index (χ3n) is 6.40. The number of anilines is 3. The Morgan fingerprint density at radius 3 is 2.56 bits per heavy atom. The molecule has 0 bridgehead atoms. The molecule has 34 heavy (non-hydrogen) atoms. The van der Waals surface area contributed by atoms with Crippen LogP contribution in [0.25, 0.3) is 11.0 Å². The minimum atomic E-state index is -4.93. The summed E-state index contributed by atoms with van der Waals surface area (Å²) in [4.78, 5) is 20.1. The number of carbonyl (C=O) groups excluding carboxylic acids is 1. The number of fused-ring (bicyclic) bond motifs is 4. The van der Waals surface area contributed by atoms with Crippen molar-refractivity contribution >= 4 is 44.4 Å². The van der Waals surface area contributed by atoms with Crippen LogP contribution in [0.1, 0.15) is 44.1 Å². The van der Waals surface area contributed by atoms with Gasteiger partial charge >= 0.3 is 6.18 Å². The van der Waals surface area contributed by atoms with Gasteiger partial charge in [0, 0.05) is 17.3 Å². The number of hydrogen-bond acceptors (Lipinski definition) is 6. The van der Waals surface area contributed by atoms with Gasteiger partial charge in [0.2, 0.25) is 21.9 Å². The van der Waals surface area contributed by atoms with E-state index in [-0.39, 0.29) is 17.5 Å². The summed E-state index contributed by atoms with van der Waals surface area (Å²) in [5, 5.41) is 11.2. The van der Waals surface area contributed by atoms with Crippen molar-refractivity contribution in [2.75, 3.05) is 10.6 Å². The number of aromatic nitrogens is 3. The lowest BCUT2D eigenvalue weighted by atomic mass is 9.78. The van der Waals surface area contributed by atoms with Crippen LogP contribution in [-0.2, 0) is 26.5 Å². The Kier molecular flexibility index (Phi) is 5.09. The number of nitrogens with zero attached hydrogens (tertiary/aromatic N) is 3. The summed E-state index contributed by atoms with van der Waals surface area (Å²) >= 11 is 0. The van der Waals surface area contributed by atoms with Gasteiger partial charge in [-0.2, -0.15) is 18.2 Å². The topological polar surface area (TPSA) is 132 Å². The molecule has 2 aromatic heterocycles. The molecule has 1 aliphatic heterocycles. The molecule has 1 aromatic carbocycles. The first-order valence-electron chi connectivity index (χ1n) is 10.7. The molecule has 13 heteroatoms. The number of carbonyl (C=O) groups is 1. The van der Waals surface area contributed by atoms with Crippen LogP contribution in [0.15, 0.2) is 35.4 Å². The molecule has 0 atom stereocenters. The van der Waals surface area contributed by atoms with Gasteiger partial charge in [0.05, 0.1) is 22.4 Å². The molecule has 1 spiro atoms. The van der Waals surface area contributed by atoms with Gasteiger partial charge in [-0.15, -0.1) is 0 Å². The second-order valence-corrected chi connectivity index (χ2v) is 10.3. The van der Waals surface area contributed by atoms with Crippen molar-refractivity contribution in [3.63, 3.8) is 0 Å². The summed E-state index contributed by atoms with van der Waals surface area (Å²) in [6.07, 6.45) is 1.65. The highest BCUT2D eigenvalue weighted by atomic mass is 32.2. The van der Waals surface area contributed by atoms with E-state index in [0.29, 0.717) is 29.3 Å². The first-order chi connectivity index (χ1) is 16.0. The normalized spacial score (nSPS) is 18.1. The molecular formula is C21H21F3N6O3S. The third kappa shape index (κ3) is 3.88. The zero-order valence-corrected chi connectivity index (χ0v) is 18.6. The average Bonchev–Trinajstić information content (AvgIpc) is 3.11. The summed E-state index contributed by atoms with van der Waals surface area (Å²) in [7, 11) is -4.58. The fraction of sp³-hybridized carbons (Fsp3) is 0.381. The summed E-state index contributed by atoms with van der Waals surface area (Å²) in [5.74, 6) is 0.599. The van der Waals surface area contributed by atoms with Crippen molar-refractivity contribution in [3.05, 3.63) is 36.0 Å². The summed E-state index contributed by atoms with van der Waals surface area (Å²) in [6.45, 7) is 0. The number of nitrogens with two attached hydrogens (primary N) is 1. The number of sulfonamides is 1. The maximum absolute atomic E-state index is 13.5. The molecular weight excluding hydrogens is 473 g/mol. The molecule has 1 amide bonds. The molecule has 0 saturated heterocycles. The van der Waals surface area contributed by atoms with Crippen LogP contribution in [0, 0.1) is 0 Å². The minimum absolute atomic E-state index is 0.0349. The van der Waals surface area contributed by atoms with Gasteiger partial charge in [-0.25, -0.2) is 18.5 Å². The molecule has 0 radical (unpaired) electrons. The van der Waals surface area contributed by atoms with Gasteiger partial charge in [-0.1, -0.05) is 19.3 Å². The molecule has 3 heterocycles. The second-order valence-electron chi connectivity index (χ2n) is 8.73. The Bertz CT molecular complexity index is 1410. The molecule has 2 aliphatic rings. The van der Waals surface area contributed by atoms with E-state index in [9.17, 15) is 26.4 Å². The lowest BCUT2D eigenvalue weighted by Crippen LogP contribution is -2.44. The maximum atomic E-state index is 13.5. The highest BCUT2D eigenvalue weighted by Gasteiger charge is 2.42. The van der Waals surface area contributed by atoms with E-state index in [4.69, 9.17) is 5.14 Å². The quantitative estimate of drug-likeness (QED) is 0.507. The van der Waals surface area contributed by atoms with Crippen LogP contribution in [0.2, 0.25) is 0 Å². The smallest absolute Gasteiger partial charge is 0.324 e. The second kappa shape index (κ2) is 7.67. The zero-order chi connectivity index (χ0) is 24.3. The highest BCUT2D eigenvalue weighted by molar-refractivity contribution is 7.89. The Labute approximate surface area is 192 Å². The van der Waals surface area contributed by atoms with Gasteiger partial charge in [0.15, 0.2) is 0 Å². The lowest BCUT2D eigenvalue weighted by Gasteiger charge is -2.42. The van der Waals surface area contributed by atoms with E-state index >= 15 is 0 Å². The van der Waals surface area contributed by atoms with E-state index in [1.165, 1.54) is 12.3 Å². The molecule has 3 aromatic rings. The van der Waals surface area contributed by atoms with Crippen LogP contribution < -0.4 is 15.8 Å². The predicted molar refractivity (Wildman–Crippen MR) is 118 cm³/mol. The molecule has 180 valence electrons. The maximum Gasteiger partial charge on any atom is 0.417 e. The first kappa shape index (κ1) is 22.6. The summed E-state index contributed by atoms with van der Waals surface area (Å²) in [6, 6.07) is 4.41. The SMILES string of the molecule is NS(=O)(=O)c1ccc(Nc2ncc3cc4n(c3n2)C2(CCCCC2)CC(=O)N4)cc1C(F)(F)F. The lowest BCUT2D eigenvalue weighted by molar-refractivity contribution is -0.139. The predicted octanol–water partition coefficient (Wildman–Crippen LogP) is 3.84. The number of rotatable bonds is 3. The molecule has 1 aliphatic carbocycles. The van der Waals surface area contributed by atoms with Gasteiger partial charge in [0.25, 0.3) is 0 Å². The Morgan fingerprint density at radius 1 is 1.15 bits per heavy atom. The van der Waals surface area contributed by atoms with Gasteiger partial charge < -0.3 is 15.2 Å². The van der Waals surface area contributed by atoms with Crippen LogP contribution >= 0.6 is 0 Å². The Morgan fingerprint density at radius 2 is 1.88 bits per heavy atom. The van der Waals surface area contributed by atoms with Crippen LogP contribution in [0.4, 0.5) is 30.6 Å². The highest BCUT2D eigenvalue weighted by Crippen LogP contribution is 2.45. The van der Waals surface area contributed by atoms with Gasteiger partial charge in [-0.05, 0) is 37.1 Å². The molecule has 0 unspecified atom stereocenters. The zero-order valence-electron chi connectivity index (χ0n) is 17.8. The number of hydrogen-bond donors (Lipinski definition) is 3. The number of primary sulfonamides is 1. The monoisotopic (exact) mass is 494 g/mol. The fourth-order valence-electron chi connectivity index (χ4n) is 5.00.